The van der Waals surface area contributed by atoms with Gasteiger partial charge in [-0.15, -0.1) is 0 Å². The fourth-order valence-corrected chi connectivity index (χ4v) is 2.50. The number of benzene rings is 1. The third-order valence-corrected chi connectivity index (χ3v) is 3.50. The second-order valence-corrected chi connectivity index (χ2v) is 5.57. The van der Waals surface area contributed by atoms with E-state index >= 15 is 0 Å². The zero-order valence-corrected chi connectivity index (χ0v) is 13.4. The molecule has 0 aromatic heterocycles. The van der Waals surface area contributed by atoms with Gasteiger partial charge in [0.1, 0.15) is 0 Å². The van der Waals surface area contributed by atoms with E-state index in [2.05, 4.69) is 45.5 Å². The van der Waals surface area contributed by atoms with Gasteiger partial charge < -0.3 is 14.8 Å². The van der Waals surface area contributed by atoms with Gasteiger partial charge in [0.15, 0.2) is 0 Å². The number of ether oxygens (including phenoxy) is 2. The van der Waals surface area contributed by atoms with Gasteiger partial charge in [0.2, 0.25) is 0 Å². The van der Waals surface area contributed by atoms with Crippen LogP contribution in [0.4, 0.5) is 0 Å². The molecule has 1 N–H and O–H groups in total. The molecule has 0 aliphatic rings. The van der Waals surface area contributed by atoms with E-state index in [-0.39, 0.29) is 0 Å². The smallest absolute Gasteiger partial charge is 0.0700 e. The molecule has 0 radical (unpaired) electrons. The maximum Gasteiger partial charge on any atom is 0.0700 e. The average Bonchev–Trinajstić information content (AvgIpc) is 2.38. The third-order valence-electron chi connectivity index (χ3n) is 3.01. The largest absolute Gasteiger partial charge is 0.382 e. The first-order chi connectivity index (χ1) is 9.26. The van der Waals surface area contributed by atoms with E-state index in [1.165, 1.54) is 5.56 Å². The minimum atomic E-state index is 0.599. The molecular formula is C15H24BrNO2. The van der Waals surface area contributed by atoms with Crippen molar-refractivity contribution >= 4 is 15.9 Å². The van der Waals surface area contributed by atoms with Crippen LogP contribution in [0.2, 0.25) is 0 Å². The van der Waals surface area contributed by atoms with Crippen LogP contribution in [0.25, 0.3) is 0 Å². The molecule has 108 valence electrons. The van der Waals surface area contributed by atoms with E-state index in [1.807, 2.05) is 7.05 Å². The van der Waals surface area contributed by atoms with Gasteiger partial charge in [-0.3, -0.25) is 0 Å². The van der Waals surface area contributed by atoms with Gasteiger partial charge in [-0.05, 0) is 50.0 Å². The lowest BCUT2D eigenvalue weighted by molar-refractivity contribution is 0.0637. The highest BCUT2D eigenvalue weighted by atomic mass is 79.9. The van der Waals surface area contributed by atoms with Crippen LogP contribution in [0.15, 0.2) is 28.7 Å². The van der Waals surface area contributed by atoms with Gasteiger partial charge in [0.25, 0.3) is 0 Å². The number of rotatable bonds is 10. The second kappa shape index (κ2) is 10.4. The molecule has 4 heteroatoms. The van der Waals surface area contributed by atoms with Gasteiger partial charge in [-0.2, -0.15) is 0 Å². The van der Waals surface area contributed by atoms with Gasteiger partial charge in [-0.25, -0.2) is 0 Å². The molecule has 0 spiro atoms. The molecule has 0 bridgehead atoms. The number of hydrogen-bond donors (Lipinski definition) is 1. The molecule has 0 saturated carbocycles. The minimum absolute atomic E-state index is 0.599. The summed E-state index contributed by atoms with van der Waals surface area (Å²) in [5.41, 5.74) is 1.37. The Morgan fingerprint density at radius 3 is 2.79 bits per heavy atom. The first kappa shape index (κ1) is 16.6. The predicted molar refractivity (Wildman–Crippen MR) is 82.6 cm³/mol. The van der Waals surface area contributed by atoms with Crippen LogP contribution in [-0.2, 0) is 15.9 Å². The molecule has 0 fully saturated rings. The lowest BCUT2D eigenvalue weighted by atomic mass is 9.96. The first-order valence-electron chi connectivity index (χ1n) is 6.72. The molecule has 0 saturated heterocycles. The van der Waals surface area contributed by atoms with Crippen molar-refractivity contribution < 1.29 is 9.47 Å². The topological polar surface area (TPSA) is 30.5 Å². The first-order valence-corrected chi connectivity index (χ1v) is 7.51. The summed E-state index contributed by atoms with van der Waals surface area (Å²) in [6.07, 6.45) is 2.14. The Morgan fingerprint density at radius 1 is 1.26 bits per heavy atom. The molecule has 3 nitrogen and oxygen atoms in total. The van der Waals surface area contributed by atoms with Gasteiger partial charge >= 0.3 is 0 Å². The van der Waals surface area contributed by atoms with Crippen molar-refractivity contribution in [3.8, 4) is 0 Å². The summed E-state index contributed by atoms with van der Waals surface area (Å²) in [7, 11) is 3.69. The summed E-state index contributed by atoms with van der Waals surface area (Å²) >= 11 is 3.52. The zero-order valence-electron chi connectivity index (χ0n) is 11.8. The normalized spacial score (nSPS) is 12.6. The van der Waals surface area contributed by atoms with Crippen LogP contribution >= 0.6 is 15.9 Å². The molecule has 1 rings (SSSR count). The van der Waals surface area contributed by atoms with Crippen molar-refractivity contribution in [1.82, 2.24) is 5.32 Å². The van der Waals surface area contributed by atoms with E-state index < -0.39 is 0 Å². The SMILES string of the molecule is CNCC(CCOCCOC)Cc1cccc(Br)c1. The number of hydrogen-bond acceptors (Lipinski definition) is 3. The molecule has 1 atom stereocenters. The van der Waals surface area contributed by atoms with Crippen LogP contribution in [0.1, 0.15) is 12.0 Å². The fraction of sp³-hybridized carbons (Fsp3) is 0.600. The average molecular weight is 330 g/mol. The third kappa shape index (κ3) is 7.67. The molecule has 0 amide bonds. The molecule has 19 heavy (non-hydrogen) atoms. The summed E-state index contributed by atoms with van der Waals surface area (Å²) < 4.78 is 11.7. The fourth-order valence-electron chi connectivity index (χ4n) is 2.06. The van der Waals surface area contributed by atoms with Crippen molar-refractivity contribution in [2.75, 3.05) is 40.5 Å². The van der Waals surface area contributed by atoms with E-state index in [4.69, 9.17) is 9.47 Å². The van der Waals surface area contributed by atoms with E-state index in [0.29, 0.717) is 19.1 Å². The Bertz CT molecular complexity index is 347. The Balaban J connectivity index is 2.35. The molecule has 1 aromatic rings. The van der Waals surface area contributed by atoms with Crippen molar-refractivity contribution in [3.05, 3.63) is 34.3 Å². The Hall–Kier alpha value is -0.420. The molecule has 0 aliphatic heterocycles. The second-order valence-electron chi connectivity index (χ2n) is 4.65. The van der Waals surface area contributed by atoms with Crippen molar-refractivity contribution in [2.24, 2.45) is 5.92 Å². The standard InChI is InChI=1S/C15H24BrNO2/c1-17-12-14(6-7-19-9-8-18-2)10-13-4-3-5-15(16)11-13/h3-5,11,14,17H,6-10,12H2,1-2H3. The predicted octanol–water partition coefficient (Wildman–Crippen LogP) is 2.88. The highest BCUT2D eigenvalue weighted by Gasteiger charge is 2.09. The van der Waals surface area contributed by atoms with E-state index in [0.717, 1.165) is 30.5 Å². The maximum absolute atomic E-state index is 5.55. The van der Waals surface area contributed by atoms with Crippen molar-refractivity contribution in [2.45, 2.75) is 12.8 Å². The van der Waals surface area contributed by atoms with Crippen LogP contribution in [-0.4, -0.2) is 40.5 Å². The molecule has 1 unspecified atom stereocenters. The molecule has 0 aliphatic carbocycles. The Morgan fingerprint density at radius 2 is 2.11 bits per heavy atom. The van der Waals surface area contributed by atoms with Gasteiger partial charge in [0, 0.05) is 18.2 Å². The lowest BCUT2D eigenvalue weighted by Gasteiger charge is -2.17. The summed E-state index contributed by atoms with van der Waals surface area (Å²) in [5.74, 6) is 0.599. The summed E-state index contributed by atoms with van der Waals surface area (Å²) in [5, 5.41) is 3.26. The van der Waals surface area contributed by atoms with Crippen molar-refractivity contribution in [3.63, 3.8) is 0 Å². The number of halogens is 1. The molecular weight excluding hydrogens is 306 g/mol. The molecule has 0 heterocycles. The molecule has 1 aromatic carbocycles. The van der Waals surface area contributed by atoms with Crippen LogP contribution in [0.5, 0.6) is 0 Å². The number of nitrogens with one attached hydrogen (secondary N) is 1. The number of methoxy groups -OCH3 is 1. The van der Waals surface area contributed by atoms with E-state index in [9.17, 15) is 0 Å². The van der Waals surface area contributed by atoms with Crippen molar-refractivity contribution in [1.29, 1.82) is 0 Å². The van der Waals surface area contributed by atoms with Gasteiger partial charge in [0.05, 0.1) is 13.2 Å². The Labute approximate surface area is 124 Å². The van der Waals surface area contributed by atoms with Gasteiger partial charge in [-0.1, -0.05) is 28.1 Å². The summed E-state index contributed by atoms with van der Waals surface area (Å²) in [6, 6.07) is 8.52. The minimum Gasteiger partial charge on any atom is -0.382 e. The quantitative estimate of drug-likeness (QED) is 0.669. The lowest BCUT2D eigenvalue weighted by Crippen LogP contribution is -2.22. The Kier molecular flexibility index (Phi) is 9.08. The van der Waals surface area contributed by atoms with Crippen LogP contribution < -0.4 is 5.32 Å². The van der Waals surface area contributed by atoms with Crippen LogP contribution in [0, 0.1) is 5.92 Å². The van der Waals surface area contributed by atoms with Crippen LogP contribution in [0.3, 0.4) is 0 Å². The zero-order chi connectivity index (χ0) is 13.9. The monoisotopic (exact) mass is 329 g/mol. The highest BCUT2D eigenvalue weighted by molar-refractivity contribution is 9.10. The summed E-state index contributed by atoms with van der Waals surface area (Å²) in [6.45, 7) is 3.16. The maximum atomic E-state index is 5.55. The van der Waals surface area contributed by atoms with E-state index in [1.54, 1.807) is 7.11 Å². The highest BCUT2D eigenvalue weighted by Crippen LogP contribution is 2.16. The summed E-state index contributed by atoms with van der Waals surface area (Å²) in [4.78, 5) is 0.